The molecule has 3 unspecified atom stereocenters. The number of carbonyl (C=O) groups is 1. The number of hydrogen-bond acceptors (Lipinski definition) is 3. The Morgan fingerprint density at radius 3 is 2.53 bits per heavy atom. The summed E-state index contributed by atoms with van der Waals surface area (Å²) in [5, 5.41) is 6.58. The number of hydrogen-bond donors (Lipinski definition) is 2. The zero-order chi connectivity index (χ0) is 14.3. The molecule has 0 aromatic heterocycles. The van der Waals surface area contributed by atoms with Gasteiger partial charge >= 0.3 is 0 Å². The van der Waals surface area contributed by atoms with Crippen molar-refractivity contribution in [2.24, 2.45) is 11.8 Å². The summed E-state index contributed by atoms with van der Waals surface area (Å²) >= 11 is 0. The molecule has 0 radical (unpaired) electrons. The average Bonchev–Trinajstić information content (AvgIpc) is 2.86. The summed E-state index contributed by atoms with van der Waals surface area (Å²) < 4.78 is 5.46. The summed E-state index contributed by atoms with van der Waals surface area (Å²) in [7, 11) is 0. The van der Waals surface area contributed by atoms with Gasteiger partial charge in [0.1, 0.15) is 0 Å². The van der Waals surface area contributed by atoms with E-state index in [0.29, 0.717) is 19.1 Å². The summed E-state index contributed by atoms with van der Waals surface area (Å²) in [5.41, 5.74) is 0. The highest BCUT2D eigenvalue weighted by Crippen LogP contribution is 2.17. The summed E-state index contributed by atoms with van der Waals surface area (Å²) in [4.78, 5) is 12.3. The van der Waals surface area contributed by atoms with Gasteiger partial charge in [0.15, 0.2) is 0 Å². The number of amides is 1. The largest absolute Gasteiger partial charge is 0.379 e. The molecule has 0 saturated carbocycles. The van der Waals surface area contributed by atoms with Gasteiger partial charge in [0.2, 0.25) is 5.91 Å². The zero-order valence-electron chi connectivity index (χ0n) is 12.9. The van der Waals surface area contributed by atoms with E-state index >= 15 is 0 Å². The normalized spacial score (nSPS) is 24.7. The molecular formula is C15H30N2O2. The van der Waals surface area contributed by atoms with Crippen molar-refractivity contribution in [1.82, 2.24) is 10.6 Å². The summed E-state index contributed by atoms with van der Waals surface area (Å²) in [6.45, 7) is 10.7. The molecule has 2 N–H and O–H groups in total. The van der Waals surface area contributed by atoms with Crippen LogP contribution in [0.2, 0.25) is 0 Å². The van der Waals surface area contributed by atoms with Gasteiger partial charge in [-0.05, 0) is 25.8 Å². The van der Waals surface area contributed by atoms with Crippen LogP contribution in [0.4, 0.5) is 0 Å². The maximum Gasteiger partial charge on any atom is 0.227 e. The predicted octanol–water partition coefficient (Wildman–Crippen LogP) is 1.94. The fourth-order valence-corrected chi connectivity index (χ4v) is 2.79. The highest BCUT2D eigenvalue weighted by Gasteiger charge is 2.34. The molecule has 1 heterocycles. The average molecular weight is 270 g/mol. The van der Waals surface area contributed by atoms with Gasteiger partial charge in [-0.1, -0.05) is 33.6 Å². The third-order valence-electron chi connectivity index (χ3n) is 4.20. The van der Waals surface area contributed by atoms with Gasteiger partial charge < -0.3 is 15.4 Å². The molecule has 0 bridgehead atoms. The molecular weight excluding hydrogens is 240 g/mol. The lowest BCUT2D eigenvalue weighted by Crippen LogP contribution is -2.48. The van der Waals surface area contributed by atoms with E-state index in [1.54, 1.807) is 0 Å². The van der Waals surface area contributed by atoms with Crippen LogP contribution in [0.1, 0.15) is 47.0 Å². The maximum atomic E-state index is 12.3. The standard InChI is InChI=1S/C15H30N2O2/c1-5-8-16-14-10-19-9-13(14)15(18)17-11(4)12(6-2)7-3/h11-14,16H,5-10H2,1-4H3,(H,17,18). The first-order valence-corrected chi connectivity index (χ1v) is 7.75. The first kappa shape index (κ1) is 16.4. The van der Waals surface area contributed by atoms with E-state index in [-0.39, 0.29) is 23.9 Å². The van der Waals surface area contributed by atoms with E-state index < -0.39 is 0 Å². The van der Waals surface area contributed by atoms with E-state index in [1.165, 1.54) is 0 Å². The lowest BCUT2D eigenvalue weighted by atomic mass is 9.94. The van der Waals surface area contributed by atoms with Crippen LogP contribution in [0.5, 0.6) is 0 Å². The minimum Gasteiger partial charge on any atom is -0.379 e. The van der Waals surface area contributed by atoms with Gasteiger partial charge in [-0.2, -0.15) is 0 Å². The Balaban J connectivity index is 2.47. The molecule has 0 aromatic rings. The maximum absolute atomic E-state index is 12.3. The lowest BCUT2D eigenvalue weighted by Gasteiger charge is -2.25. The van der Waals surface area contributed by atoms with Crippen molar-refractivity contribution in [2.45, 2.75) is 59.0 Å². The van der Waals surface area contributed by atoms with Crippen LogP contribution >= 0.6 is 0 Å². The van der Waals surface area contributed by atoms with Crippen molar-refractivity contribution in [1.29, 1.82) is 0 Å². The third-order valence-corrected chi connectivity index (χ3v) is 4.20. The first-order valence-electron chi connectivity index (χ1n) is 7.75. The van der Waals surface area contributed by atoms with Crippen molar-refractivity contribution in [3.8, 4) is 0 Å². The SMILES string of the molecule is CCCNC1COCC1C(=O)NC(C)C(CC)CC. The number of nitrogens with one attached hydrogen (secondary N) is 2. The van der Waals surface area contributed by atoms with E-state index in [2.05, 4.69) is 38.3 Å². The van der Waals surface area contributed by atoms with E-state index in [1.807, 2.05) is 0 Å². The second-order valence-electron chi connectivity index (χ2n) is 5.58. The van der Waals surface area contributed by atoms with Gasteiger partial charge in [0, 0.05) is 12.1 Å². The molecule has 0 aliphatic carbocycles. The molecule has 1 rings (SSSR count). The highest BCUT2D eigenvalue weighted by atomic mass is 16.5. The van der Waals surface area contributed by atoms with Gasteiger partial charge in [-0.15, -0.1) is 0 Å². The van der Waals surface area contributed by atoms with Crippen molar-refractivity contribution in [2.75, 3.05) is 19.8 Å². The summed E-state index contributed by atoms with van der Waals surface area (Å²) in [5.74, 6) is 0.669. The van der Waals surface area contributed by atoms with Crippen LogP contribution < -0.4 is 10.6 Å². The second-order valence-corrected chi connectivity index (χ2v) is 5.58. The second kappa shape index (κ2) is 8.54. The predicted molar refractivity (Wildman–Crippen MR) is 78.1 cm³/mol. The molecule has 1 aliphatic rings. The highest BCUT2D eigenvalue weighted by molar-refractivity contribution is 5.80. The molecule has 112 valence electrons. The Labute approximate surface area is 117 Å². The molecule has 1 amide bonds. The fourth-order valence-electron chi connectivity index (χ4n) is 2.79. The van der Waals surface area contributed by atoms with Crippen LogP contribution in [-0.2, 0) is 9.53 Å². The van der Waals surface area contributed by atoms with Crippen molar-refractivity contribution < 1.29 is 9.53 Å². The van der Waals surface area contributed by atoms with Crippen molar-refractivity contribution in [3.63, 3.8) is 0 Å². The molecule has 1 saturated heterocycles. The number of carbonyl (C=O) groups excluding carboxylic acids is 1. The van der Waals surface area contributed by atoms with E-state index in [9.17, 15) is 4.79 Å². The first-order chi connectivity index (χ1) is 9.13. The molecule has 4 heteroatoms. The van der Waals surface area contributed by atoms with Crippen LogP contribution in [0, 0.1) is 11.8 Å². The molecule has 0 spiro atoms. The number of rotatable bonds is 8. The lowest BCUT2D eigenvalue weighted by molar-refractivity contribution is -0.126. The molecule has 1 fully saturated rings. The topological polar surface area (TPSA) is 50.4 Å². The fraction of sp³-hybridized carbons (Fsp3) is 0.933. The summed E-state index contributed by atoms with van der Waals surface area (Å²) in [6.07, 6.45) is 3.29. The van der Waals surface area contributed by atoms with Gasteiger partial charge in [0.05, 0.1) is 19.1 Å². The van der Waals surface area contributed by atoms with Gasteiger partial charge in [-0.25, -0.2) is 0 Å². The van der Waals surface area contributed by atoms with Gasteiger partial charge in [-0.3, -0.25) is 4.79 Å². The molecule has 19 heavy (non-hydrogen) atoms. The Kier molecular flexibility index (Phi) is 7.39. The summed E-state index contributed by atoms with van der Waals surface area (Å²) in [6, 6.07) is 0.420. The van der Waals surface area contributed by atoms with Crippen molar-refractivity contribution >= 4 is 5.91 Å². The Hall–Kier alpha value is -0.610. The smallest absolute Gasteiger partial charge is 0.227 e. The molecule has 4 nitrogen and oxygen atoms in total. The Morgan fingerprint density at radius 2 is 1.95 bits per heavy atom. The quantitative estimate of drug-likeness (QED) is 0.709. The van der Waals surface area contributed by atoms with Crippen LogP contribution in [0.3, 0.4) is 0 Å². The minimum atomic E-state index is -0.0386. The monoisotopic (exact) mass is 270 g/mol. The van der Waals surface area contributed by atoms with Gasteiger partial charge in [0.25, 0.3) is 0 Å². The van der Waals surface area contributed by atoms with Crippen LogP contribution in [0.15, 0.2) is 0 Å². The van der Waals surface area contributed by atoms with E-state index in [0.717, 1.165) is 25.8 Å². The zero-order valence-corrected chi connectivity index (χ0v) is 12.9. The molecule has 1 aliphatic heterocycles. The third kappa shape index (κ3) is 4.77. The molecule has 3 atom stereocenters. The Morgan fingerprint density at radius 1 is 1.26 bits per heavy atom. The minimum absolute atomic E-state index is 0.0386. The van der Waals surface area contributed by atoms with Crippen molar-refractivity contribution in [3.05, 3.63) is 0 Å². The number of ether oxygens (including phenoxy) is 1. The van der Waals surface area contributed by atoms with Crippen LogP contribution in [-0.4, -0.2) is 37.7 Å². The van der Waals surface area contributed by atoms with E-state index in [4.69, 9.17) is 4.74 Å². The Bertz CT molecular complexity index is 267. The van der Waals surface area contributed by atoms with Crippen LogP contribution in [0.25, 0.3) is 0 Å². The molecule has 0 aromatic carbocycles.